The number of carbonyl (C=O) groups excluding carboxylic acids is 1. The Morgan fingerprint density at radius 2 is 2.09 bits per heavy atom. The number of nitrogens with zero attached hydrogens (tertiary/aromatic N) is 4. The molecule has 0 radical (unpaired) electrons. The van der Waals surface area contributed by atoms with Gasteiger partial charge in [-0.15, -0.1) is 21.5 Å². The number of carbonyl (C=O) groups is 1. The highest BCUT2D eigenvalue weighted by Crippen LogP contribution is 2.19. The van der Waals surface area contributed by atoms with Crippen LogP contribution in [0.3, 0.4) is 0 Å². The van der Waals surface area contributed by atoms with Crippen LogP contribution in [-0.4, -0.2) is 38.4 Å². The van der Waals surface area contributed by atoms with Gasteiger partial charge in [-0.1, -0.05) is 18.2 Å². The Hall–Kier alpha value is -2.38. The molecule has 0 aliphatic rings. The van der Waals surface area contributed by atoms with Gasteiger partial charge in [0.1, 0.15) is 0 Å². The number of hydrogen-bond donors (Lipinski definition) is 1. The van der Waals surface area contributed by atoms with Crippen molar-refractivity contribution in [1.82, 2.24) is 25.5 Å². The molecule has 1 aromatic carbocycles. The number of hydrogen-bond acceptors (Lipinski definition) is 6. The lowest BCUT2D eigenvalue weighted by Crippen LogP contribution is -2.16. The van der Waals surface area contributed by atoms with E-state index in [-0.39, 0.29) is 5.78 Å². The minimum Gasteiger partial charge on any atom is -0.298 e. The second-order valence-electron chi connectivity index (χ2n) is 5.48. The summed E-state index contributed by atoms with van der Waals surface area (Å²) in [6.07, 6.45) is 0. The van der Waals surface area contributed by atoms with Crippen LogP contribution >= 0.6 is 11.3 Å². The molecule has 0 saturated heterocycles. The maximum atomic E-state index is 11.4. The van der Waals surface area contributed by atoms with Crippen molar-refractivity contribution >= 4 is 17.1 Å². The third-order valence-corrected chi connectivity index (χ3v) is 4.52. The average Bonchev–Trinajstić information content (AvgIpc) is 3.18. The highest BCUT2D eigenvalue weighted by Gasteiger charge is 2.08. The van der Waals surface area contributed by atoms with Crippen molar-refractivity contribution in [1.29, 1.82) is 0 Å². The first kappa shape index (κ1) is 15.5. The molecule has 0 saturated carbocycles. The van der Waals surface area contributed by atoms with Crippen molar-refractivity contribution < 1.29 is 4.79 Å². The number of benzene rings is 1. The first-order chi connectivity index (χ1) is 11.1. The van der Waals surface area contributed by atoms with E-state index in [0.717, 1.165) is 29.1 Å². The van der Waals surface area contributed by atoms with E-state index in [1.165, 1.54) is 16.9 Å². The zero-order valence-corrected chi connectivity index (χ0v) is 13.8. The summed E-state index contributed by atoms with van der Waals surface area (Å²) in [5, 5.41) is 16.1. The minimum absolute atomic E-state index is 0.122. The van der Waals surface area contributed by atoms with Crippen LogP contribution in [-0.2, 0) is 13.1 Å². The van der Waals surface area contributed by atoms with Gasteiger partial charge >= 0.3 is 0 Å². The Morgan fingerprint density at radius 1 is 1.26 bits per heavy atom. The van der Waals surface area contributed by atoms with E-state index in [2.05, 4.69) is 44.7 Å². The van der Waals surface area contributed by atoms with Gasteiger partial charge in [-0.05, 0) is 47.8 Å². The van der Waals surface area contributed by atoms with Gasteiger partial charge < -0.3 is 0 Å². The van der Waals surface area contributed by atoms with Crippen LogP contribution in [0.1, 0.15) is 27.7 Å². The van der Waals surface area contributed by atoms with Gasteiger partial charge in [0.25, 0.3) is 0 Å². The number of thiophene rings is 1. The smallest absolute Gasteiger partial charge is 0.204 e. The lowest BCUT2D eigenvalue weighted by atomic mass is 10.1. The molecule has 6 nitrogen and oxygen atoms in total. The van der Waals surface area contributed by atoms with E-state index >= 15 is 0 Å². The summed E-state index contributed by atoms with van der Waals surface area (Å²) in [5.41, 5.74) is 3.29. The van der Waals surface area contributed by atoms with E-state index in [9.17, 15) is 4.79 Å². The lowest BCUT2D eigenvalue weighted by molar-refractivity contribution is 0.102. The second kappa shape index (κ2) is 6.80. The Balaban J connectivity index is 1.66. The summed E-state index contributed by atoms with van der Waals surface area (Å²) >= 11 is 1.50. The molecule has 0 amide bonds. The third-order valence-electron chi connectivity index (χ3n) is 3.44. The summed E-state index contributed by atoms with van der Waals surface area (Å²) in [6, 6.07) is 10.1. The predicted octanol–water partition coefficient (Wildman–Crippen LogP) is 2.76. The van der Waals surface area contributed by atoms with Crippen molar-refractivity contribution in [2.75, 3.05) is 7.05 Å². The fourth-order valence-electron chi connectivity index (χ4n) is 2.42. The fourth-order valence-corrected chi connectivity index (χ4v) is 3.22. The molecule has 118 valence electrons. The largest absolute Gasteiger partial charge is 0.298 e. The third kappa shape index (κ3) is 3.88. The summed E-state index contributed by atoms with van der Waals surface area (Å²) in [6.45, 7) is 3.20. The highest BCUT2D eigenvalue weighted by molar-refractivity contribution is 7.12. The van der Waals surface area contributed by atoms with Crippen molar-refractivity contribution in [3.05, 3.63) is 51.7 Å². The Kier molecular flexibility index (Phi) is 4.59. The lowest BCUT2D eigenvalue weighted by Gasteiger charge is -2.16. The summed E-state index contributed by atoms with van der Waals surface area (Å²) in [4.78, 5) is 14.4. The monoisotopic (exact) mass is 327 g/mol. The molecule has 0 atom stereocenters. The van der Waals surface area contributed by atoms with E-state index in [1.807, 2.05) is 23.6 Å². The molecule has 0 spiro atoms. The van der Waals surface area contributed by atoms with Gasteiger partial charge in [0, 0.05) is 18.7 Å². The quantitative estimate of drug-likeness (QED) is 0.705. The first-order valence-corrected chi connectivity index (χ1v) is 8.09. The van der Waals surface area contributed by atoms with Crippen LogP contribution in [0.5, 0.6) is 0 Å². The molecule has 1 N–H and O–H groups in total. The number of Topliss-reactive ketones (excluding diaryl/α,β-unsaturated/α-hetero) is 1. The Labute approximate surface area is 138 Å². The van der Waals surface area contributed by atoms with Crippen LogP contribution in [0, 0.1) is 0 Å². The molecule has 0 aliphatic carbocycles. The summed E-state index contributed by atoms with van der Waals surface area (Å²) in [7, 11) is 2.06. The molecule has 0 unspecified atom stereocenters. The molecule has 23 heavy (non-hydrogen) atoms. The molecule has 3 rings (SSSR count). The molecule has 2 aromatic heterocycles. The van der Waals surface area contributed by atoms with Crippen LogP contribution in [0.2, 0.25) is 0 Å². The van der Waals surface area contributed by atoms with Gasteiger partial charge in [0.15, 0.2) is 5.78 Å². The fraction of sp³-hybridized carbons (Fsp3) is 0.250. The standard InChI is InChI=1S/C16H17N5OS/c1-11(22)15-7-13(10-23-15)9-21(2)8-12-4-3-5-14(6-12)16-17-19-20-18-16/h3-7,10H,8-9H2,1-2H3,(H,17,18,19,20). The van der Waals surface area contributed by atoms with Crippen LogP contribution in [0.4, 0.5) is 0 Å². The molecule has 0 aliphatic heterocycles. The average molecular weight is 327 g/mol. The zero-order valence-electron chi connectivity index (χ0n) is 13.0. The van der Waals surface area contributed by atoms with E-state index in [0.29, 0.717) is 5.82 Å². The second-order valence-corrected chi connectivity index (χ2v) is 6.39. The van der Waals surface area contributed by atoms with E-state index < -0.39 is 0 Å². The van der Waals surface area contributed by atoms with Crippen molar-refractivity contribution in [3.8, 4) is 11.4 Å². The van der Waals surface area contributed by atoms with Gasteiger partial charge in [0.05, 0.1) is 4.88 Å². The molecule has 3 aromatic rings. The van der Waals surface area contributed by atoms with Crippen LogP contribution in [0.15, 0.2) is 35.7 Å². The Morgan fingerprint density at radius 3 is 2.78 bits per heavy atom. The number of ketones is 1. The highest BCUT2D eigenvalue weighted by atomic mass is 32.1. The summed E-state index contributed by atoms with van der Waals surface area (Å²) in [5.74, 6) is 0.718. The molecule has 0 fully saturated rings. The molecule has 7 heteroatoms. The molecular weight excluding hydrogens is 310 g/mol. The normalized spacial score (nSPS) is 11.1. The SMILES string of the molecule is CC(=O)c1cc(CN(C)Cc2cccc(-c3nn[nH]n3)c2)cs1. The molecule has 2 heterocycles. The van der Waals surface area contributed by atoms with E-state index in [4.69, 9.17) is 0 Å². The maximum Gasteiger partial charge on any atom is 0.204 e. The van der Waals surface area contributed by atoms with Gasteiger partial charge in [-0.2, -0.15) is 5.21 Å². The van der Waals surface area contributed by atoms with Crippen molar-refractivity contribution in [2.24, 2.45) is 0 Å². The topological polar surface area (TPSA) is 74.8 Å². The number of H-pyrrole nitrogens is 1. The number of rotatable bonds is 6. The van der Waals surface area contributed by atoms with Crippen molar-refractivity contribution in [2.45, 2.75) is 20.0 Å². The zero-order chi connectivity index (χ0) is 16.2. The first-order valence-electron chi connectivity index (χ1n) is 7.21. The predicted molar refractivity (Wildman–Crippen MR) is 89.1 cm³/mol. The van der Waals surface area contributed by atoms with Crippen molar-refractivity contribution in [3.63, 3.8) is 0 Å². The van der Waals surface area contributed by atoms with Gasteiger partial charge in [-0.3, -0.25) is 9.69 Å². The van der Waals surface area contributed by atoms with Crippen LogP contribution in [0.25, 0.3) is 11.4 Å². The minimum atomic E-state index is 0.122. The molecular formula is C16H17N5OS. The number of aromatic nitrogens is 4. The van der Waals surface area contributed by atoms with Gasteiger partial charge in [0.2, 0.25) is 5.82 Å². The van der Waals surface area contributed by atoms with Gasteiger partial charge in [-0.25, -0.2) is 0 Å². The Bertz CT molecular complexity index is 796. The van der Waals surface area contributed by atoms with Crippen LogP contribution < -0.4 is 0 Å². The molecule has 0 bridgehead atoms. The number of nitrogens with one attached hydrogen (secondary N) is 1. The number of tetrazole rings is 1. The number of aromatic amines is 1. The summed E-state index contributed by atoms with van der Waals surface area (Å²) < 4.78 is 0. The van der Waals surface area contributed by atoms with E-state index in [1.54, 1.807) is 6.92 Å². The maximum absolute atomic E-state index is 11.4.